The van der Waals surface area contributed by atoms with Gasteiger partial charge in [0.25, 0.3) is 5.91 Å². The van der Waals surface area contributed by atoms with Gasteiger partial charge < -0.3 is 20.3 Å². The highest BCUT2D eigenvalue weighted by Gasteiger charge is 2.13. The van der Waals surface area contributed by atoms with Gasteiger partial charge in [-0.1, -0.05) is 17.7 Å². The maximum atomic E-state index is 12.2. The maximum absolute atomic E-state index is 12.2. The molecule has 0 spiro atoms. The van der Waals surface area contributed by atoms with Crippen LogP contribution < -0.4 is 10.6 Å². The molecule has 0 heterocycles. The summed E-state index contributed by atoms with van der Waals surface area (Å²) >= 11 is 0. The van der Waals surface area contributed by atoms with Gasteiger partial charge in [-0.05, 0) is 37.3 Å². The Balaban J connectivity index is 2.04. The average Bonchev–Trinajstić information content (AvgIpc) is 2.65. The number of esters is 1. The third kappa shape index (κ3) is 5.31. The predicted molar refractivity (Wildman–Crippen MR) is 104 cm³/mol. The predicted octanol–water partition coefficient (Wildman–Crippen LogP) is 2.53. The number of rotatable bonds is 6. The van der Waals surface area contributed by atoms with E-state index in [9.17, 15) is 14.4 Å². The summed E-state index contributed by atoms with van der Waals surface area (Å²) in [5.41, 5.74) is 2.79. The van der Waals surface area contributed by atoms with Crippen molar-refractivity contribution in [2.75, 3.05) is 38.4 Å². The van der Waals surface area contributed by atoms with E-state index in [1.807, 2.05) is 13.0 Å². The lowest BCUT2D eigenvalue weighted by molar-refractivity contribution is -0.114. The molecule has 0 aliphatic heterocycles. The first-order valence-electron chi connectivity index (χ1n) is 8.36. The molecule has 0 aromatic heterocycles. The van der Waals surface area contributed by atoms with Gasteiger partial charge in [0.1, 0.15) is 0 Å². The minimum Gasteiger partial charge on any atom is -0.465 e. The van der Waals surface area contributed by atoms with Crippen LogP contribution in [-0.4, -0.2) is 50.4 Å². The second-order valence-corrected chi connectivity index (χ2v) is 6.22. The first kappa shape index (κ1) is 20.0. The number of aryl methyl sites for hydroxylation is 1. The van der Waals surface area contributed by atoms with E-state index in [4.69, 9.17) is 4.74 Å². The van der Waals surface area contributed by atoms with Crippen LogP contribution in [0.3, 0.4) is 0 Å². The molecule has 0 atom stereocenters. The number of hydrogen-bond acceptors (Lipinski definition) is 5. The van der Waals surface area contributed by atoms with Crippen molar-refractivity contribution >= 4 is 29.2 Å². The zero-order chi connectivity index (χ0) is 20.0. The smallest absolute Gasteiger partial charge is 0.339 e. The summed E-state index contributed by atoms with van der Waals surface area (Å²) in [5, 5.41) is 5.68. The number of hydrogen-bond donors (Lipinski definition) is 2. The molecule has 2 aromatic carbocycles. The average molecular weight is 369 g/mol. The first-order valence-corrected chi connectivity index (χ1v) is 8.36. The molecule has 0 bridgehead atoms. The molecule has 2 N–H and O–H groups in total. The highest BCUT2D eigenvalue weighted by Crippen LogP contribution is 2.18. The standard InChI is InChI=1S/C20H23N3O4/c1-13-8-9-17(16(10-13)20(26)27-4)21-12-18(24)22-15-7-5-6-14(11-15)19(25)23(2)3/h5-11,21H,12H2,1-4H3,(H,22,24). The van der Waals surface area contributed by atoms with Gasteiger partial charge >= 0.3 is 5.97 Å². The van der Waals surface area contributed by atoms with E-state index in [0.717, 1.165) is 5.56 Å². The van der Waals surface area contributed by atoms with Gasteiger partial charge in [0, 0.05) is 31.0 Å². The summed E-state index contributed by atoms with van der Waals surface area (Å²) in [7, 11) is 4.64. The molecule has 0 aliphatic rings. The van der Waals surface area contributed by atoms with Gasteiger partial charge in [-0.3, -0.25) is 9.59 Å². The Hall–Kier alpha value is -3.35. The van der Waals surface area contributed by atoms with Gasteiger partial charge in [-0.2, -0.15) is 0 Å². The van der Waals surface area contributed by atoms with E-state index in [2.05, 4.69) is 10.6 Å². The Morgan fingerprint density at radius 2 is 1.81 bits per heavy atom. The van der Waals surface area contributed by atoms with Crippen molar-refractivity contribution in [3.05, 3.63) is 59.2 Å². The van der Waals surface area contributed by atoms with Crippen LogP contribution in [0.25, 0.3) is 0 Å². The number of ether oxygens (including phenoxy) is 1. The minimum atomic E-state index is -0.475. The molecule has 0 saturated carbocycles. The normalized spacial score (nSPS) is 10.1. The Bertz CT molecular complexity index is 862. The van der Waals surface area contributed by atoms with Crippen LogP contribution in [0.1, 0.15) is 26.3 Å². The van der Waals surface area contributed by atoms with Crippen LogP contribution >= 0.6 is 0 Å². The van der Waals surface area contributed by atoms with E-state index >= 15 is 0 Å². The molecule has 0 saturated heterocycles. The highest BCUT2D eigenvalue weighted by atomic mass is 16.5. The largest absolute Gasteiger partial charge is 0.465 e. The second kappa shape index (κ2) is 8.84. The van der Waals surface area contributed by atoms with Crippen LogP contribution in [0.2, 0.25) is 0 Å². The zero-order valence-electron chi connectivity index (χ0n) is 15.8. The van der Waals surface area contributed by atoms with Crippen molar-refractivity contribution in [3.8, 4) is 0 Å². The molecule has 7 nitrogen and oxygen atoms in total. The quantitative estimate of drug-likeness (QED) is 0.764. The SMILES string of the molecule is COC(=O)c1cc(C)ccc1NCC(=O)Nc1cccc(C(=O)N(C)C)c1. The Morgan fingerprint density at radius 3 is 2.48 bits per heavy atom. The second-order valence-electron chi connectivity index (χ2n) is 6.22. The van der Waals surface area contributed by atoms with E-state index in [1.165, 1.54) is 12.0 Å². The zero-order valence-corrected chi connectivity index (χ0v) is 15.8. The lowest BCUT2D eigenvalue weighted by atomic mass is 10.1. The molecule has 0 fully saturated rings. The summed E-state index contributed by atoms with van der Waals surface area (Å²) in [4.78, 5) is 37.6. The van der Waals surface area contributed by atoms with Crippen LogP contribution in [-0.2, 0) is 9.53 Å². The summed E-state index contributed by atoms with van der Waals surface area (Å²) in [6, 6.07) is 12.0. The number of benzene rings is 2. The molecule has 2 amide bonds. The number of carbonyl (C=O) groups excluding carboxylic acids is 3. The number of anilines is 2. The summed E-state index contributed by atoms with van der Waals surface area (Å²) in [6.07, 6.45) is 0. The van der Waals surface area contributed by atoms with Crippen LogP contribution in [0.5, 0.6) is 0 Å². The van der Waals surface area contributed by atoms with E-state index < -0.39 is 5.97 Å². The molecule has 2 rings (SSSR count). The van der Waals surface area contributed by atoms with Crippen molar-refractivity contribution in [1.29, 1.82) is 0 Å². The molecule has 2 aromatic rings. The molecule has 0 aliphatic carbocycles. The van der Waals surface area contributed by atoms with Crippen LogP contribution in [0.15, 0.2) is 42.5 Å². The third-order valence-electron chi connectivity index (χ3n) is 3.82. The fraction of sp³-hybridized carbons (Fsp3) is 0.250. The molecule has 0 unspecified atom stereocenters. The first-order chi connectivity index (χ1) is 12.8. The third-order valence-corrected chi connectivity index (χ3v) is 3.82. The number of nitrogens with one attached hydrogen (secondary N) is 2. The molecule has 142 valence electrons. The topological polar surface area (TPSA) is 87.7 Å². The van der Waals surface area contributed by atoms with Crippen LogP contribution in [0, 0.1) is 6.92 Å². The van der Waals surface area contributed by atoms with Crippen molar-refractivity contribution in [2.24, 2.45) is 0 Å². The number of carbonyl (C=O) groups is 3. The fourth-order valence-electron chi connectivity index (χ4n) is 2.46. The minimum absolute atomic E-state index is 0.0427. The lowest BCUT2D eigenvalue weighted by Crippen LogP contribution is -2.24. The molecule has 0 radical (unpaired) electrons. The number of amides is 2. The van der Waals surface area contributed by atoms with E-state index in [0.29, 0.717) is 22.5 Å². The van der Waals surface area contributed by atoms with Crippen LogP contribution in [0.4, 0.5) is 11.4 Å². The Morgan fingerprint density at radius 1 is 1.07 bits per heavy atom. The molecular weight excluding hydrogens is 346 g/mol. The van der Waals surface area contributed by atoms with Crippen molar-refractivity contribution in [1.82, 2.24) is 4.90 Å². The van der Waals surface area contributed by atoms with E-state index in [1.54, 1.807) is 50.5 Å². The number of nitrogens with zero attached hydrogens (tertiary/aromatic N) is 1. The van der Waals surface area contributed by atoms with Gasteiger partial charge in [0.05, 0.1) is 19.2 Å². The Kier molecular flexibility index (Phi) is 6.54. The number of methoxy groups -OCH3 is 1. The van der Waals surface area contributed by atoms with Crippen molar-refractivity contribution in [2.45, 2.75) is 6.92 Å². The van der Waals surface area contributed by atoms with Crippen molar-refractivity contribution in [3.63, 3.8) is 0 Å². The van der Waals surface area contributed by atoms with Gasteiger partial charge in [0.15, 0.2) is 0 Å². The monoisotopic (exact) mass is 369 g/mol. The molecular formula is C20H23N3O4. The summed E-state index contributed by atoms with van der Waals surface area (Å²) in [6.45, 7) is 1.82. The highest BCUT2D eigenvalue weighted by molar-refractivity contribution is 5.99. The van der Waals surface area contributed by atoms with Crippen molar-refractivity contribution < 1.29 is 19.1 Å². The fourth-order valence-corrected chi connectivity index (χ4v) is 2.46. The summed E-state index contributed by atoms with van der Waals surface area (Å²) < 4.78 is 4.77. The van der Waals surface area contributed by atoms with E-state index in [-0.39, 0.29) is 18.4 Å². The Labute approximate surface area is 158 Å². The van der Waals surface area contributed by atoms with Gasteiger partial charge in [-0.25, -0.2) is 4.79 Å². The van der Waals surface area contributed by atoms with Gasteiger partial charge in [0.2, 0.25) is 5.91 Å². The molecule has 27 heavy (non-hydrogen) atoms. The molecule has 7 heteroatoms. The maximum Gasteiger partial charge on any atom is 0.339 e. The lowest BCUT2D eigenvalue weighted by Gasteiger charge is -2.13. The summed E-state index contributed by atoms with van der Waals surface area (Å²) in [5.74, 6) is -0.927. The van der Waals surface area contributed by atoms with Gasteiger partial charge in [-0.15, -0.1) is 0 Å².